The average molecular weight is 167 g/mol. The molecule has 0 aliphatic carbocycles. The SMILES string of the molecule is CCNc1cccnc1[N+](=O)[O-]. The van der Waals surface area contributed by atoms with Crippen LogP contribution < -0.4 is 5.32 Å². The van der Waals surface area contributed by atoms with Gasteiger partial charge in [-0.15, -0.1) is 0 Å². The van der Waals surface area contributed by atoms with E-state index in [4.69, 9.17) is 0 Å². The van der Waals surface area contributed by atoms with Crippen molar-refractivity contribution >= 4 is 11.5 Å². The van der Waals surface area contributed by atoms with Crippen molar-refractivity contribution in [1.29, 1.82) is 0 Å². The molecule has 64 valence electrons. The lowest BCUT2D eigenvalue weighted by molar-refractivity contribution is -0.388. The first kappa shape index (κ1) is 8.45. The number of hydrogen-bond donors (Lipinski definition) is 1. The summed E-state index contributed by atoms with van der Waals surface area (Å²) in [6.07, 6.45) is 1.40. The second-order valence-corrected chi connectivity index (χ2v) is 2.16. The summed E-state index contributed by atoms with van der Waals surface area (Å²) >= 11 is 0. The van der Waals surface area contributed by atoms with Gasteiger partial charge in [0.2, 0.25) is 0 Å². The molecule has 1 aromatic rings. The van der Waals surface area contributed by atoms with Crippen molar-refractivity contribution in [3.05, 3.63) is 28.4 Å². The summed E-state index contributed by atoms with van der Waals surface area (Å²) in [5.41, 5.74) is 0.463. The van der Waals surface area contributed by atoms with E-state index in [9.17, 15) is 10.1 Å². The highest BCUT2D eigenvalue weighted by molar-refractivity contribution is 5.56. The first-order chi connectivity index (χ1) is 5.75. The molecule has 0 atom stereocenters. The minimum Gasteiger partial charge on any atom is -0.378 e. The van der Waals surface area contributed by atoms with Gasteiger partial charge in [-0.05, 0) is 29.0 Å². The van der Waals surface area contributed by atoms with E-state index in [1.165, 1.54) is 6.20 Å². The molecule has 0 aliphatic heterocycles. The lowest BCUT2D eigenvalue weighted by Gasteiger charge is -2.01. The van der Waals surface area contributed by atoms with Crippen LogP contribution in [0.5, 0.6) is 0 Å². The van der Waals surface area contributed by atoms with Gasteiger partial charge in [-0.3, -0.25) is 0 Å². The van der Waals surface area contributed by atoms with Crippen LogP contribution in [0.2, 0.25) is 0 Å². The third-order valence-electron chi connectivity index (χ3n) is 1.33. The van der Waals surface area contributed by atoms with Crippen LogP contribution in [0.3, 0.4) is 0 Å². The summed E-state index contributed by atoms with van der Waals surface area (Å²) in [7, 11) is 0. The van der Waals surface area contributed by atoms with E-state index < -0.39 is 4.92 Å². The molecule has 1 heterocycles. The Morgan fingerprint density at radius 3 is 3.08 bits per heavy atom. The van der Waals surface area contributed by atoms with Crippen molar-refractivity contribution in [1.82, 2.24) is 4.98 Å². The number of anilines is 1. The molecule has 0 fully saturated rings. The van der Waals surface area contributed by atoms with Crippen LogP contribution in [-0.2, 0) is 0 Å². The zero-order valence-electron chi connectivity index (χ0n) is 6.65. The van der Waals surface area contributed by atoms with Gasteiger partial charge in [0, 0.05) is 6.54 Å². The maximum Gasteiger partial charge on any atom is 0.386 e. The van der Waals surface area contributed by atoms with Crippen LogP contribution in [0, 0.1) is 10.1 Å². The van der Waals surface area contributed by atoms with E-state index in [0.29, 0.717) is 12.2 Å². The fourth-order valence-corrected chi connectivity index (χ4v) is 0.871. The molecule has 0 aliphatic rings. The van der Waals surface area contributed by atoms with Crippen LogP contribution in [0.25, 0.3) is 0 Å². The van der Waals surface area contributed by atoms with Crippen molar-refractivity contribution in [3.8, 4) is 0 Å². The van der Waals surface area contributed by atoms with Crippen LogP contribution in [0.4, 0.5) is 11.5 Å². The molecule has 0 saturated carbocycles. The van der Waals surface area contributed by atoms with Gasteiger partial charge in [0.1, 0.15) is 11.9 Å². The first-order valence-electron chi connectivity index (χ1n) is 3.59. The molecular formula is C7H9N3O2. The highest BCUT2D eigenvalue weighted by atomic mass is 16.6. The topological polar surface area (TPSA) is 68.1 Å². The maximum absolute atomic E-state index is 10.4. The number of aromatic nitrogens is 1. The Labute approximate surface area is 69.6 Å². The quantitative estimate of drug-likeness (QED) is 0.546. The van der Waals surface area contributed by atoms with Crippen molar-refractivity contribution in [2.45, 2.75) is 6.92 Å². The van der Waals surface area contributed by atoms with Gasteiger partial charge in [-0.2, -0.15) is 0 Å². The van der Waals surface area contributed by atoms with E-state index in [2.05, 4.69) is 10.3 Å². The van der Waals surface area contributed by atoms with Gasteiger partial charge in [0.05, 0.1) is 0 Å². The predicted octanol–water partition coefficient (Wildman–Crippen LogP) is 1.42. The number of pyridine rings is 1. The lowest BCUT2D eigenvalue weighted by atomic mass is 10.4. The molecular weight excluding hydrogens is 158 g/mol. The number of nitro groups is 1. The molecule has 0 radical (unpaired) electrons. The van der Waals surface area contributed by atoms with Crippen molar-refractivity contribution in [2.75, 3.05) is 11.9 Å². The van der Waals surface area contributed by atoms with Crippen molar-refractivity contribution in [2.24, 2.45) is 0 Å². The van der Waals surface area contributed by atoms with Crippen LogP contribution in [-0.4, -0.2) is 16.5 Å². The van der Waals surface area contributed by atoms with E-state index in [1.807, 2.05) is 6.92 Å². The Hall–Kier alpha value is -1.65. The zero-order chi connectivity index (χ0) is 8.97. The lowest BCUT2D eigenvalue weighted by Crippen LogP contribution is -2.02. The zero-order valence-corrected chi connectivity index (χ0v) is 6.65. The van der Waals surface area contributed by atoms with Gasteiger partial charge >= 0.3 is 5.82 Å². The third kappa shape index (κ3) is 1.69. The second kappa shape index (κ2) is 3.66. The molecule has 1 N–H and O–H groups in total. The van der Waals surface area contributed by atoms with Gasteiger partial charge in [-0.1, -0.05) is 0 Å². The van der Waals surface area contributed by atoms with Crippen molar-refractivity contribution < 1.29 is 4.92 Å². The molecule has 0 spiro atoms. The first-order valence-corrected chi connectivity index (χ1v) is 3.59. The Morgan fingerprint density at radius 2 is 2.50 bits per heavy atom. The van der Waals surface area contributed by atoms with E-state index in [-0.39, 0.29) is 5.82 Å². The largest absolute Gasteiger partial charge is 0.386 e. The molecule has 1 aromatic heterocycles. The normalized spacial score (nSPS) is 9.42. The Bertz CT molecular complexity index is 288. The fraction of sp³-hybridized carbons (Fsp3) is 0.286. The Kier molecular flexibility index (Phi) is 2.57. The van der Waals surface area contributed by atoms with E-state index >= 15 is 0 Å². The molecule has 5 heteroatoms. The van der Waals surface area contributed by atoms with Crippen LogP contribution in [0.15, 0.2) is 18.3 Å². The molecule has 12 heavy (non-hydrogen) atoms. The highest BCUT2D eigenvalue weighted by Crippen LogP contribution is 2.19. The van der Waals surface area contributed by atoms with E-state index in [1.54, 1.807) is 12.1 Å². The molecule has 0 aromatic carbocycles. The maximum atomic E-state index is 10.4. The van der Waals surface area contributed by atoms with Gasteiger partial charge in [0.15, 0.2) is 0 Å². The summed E-state index contributed by atoms with van der Waals surface area (Å²) in [6.45, 7) is 2.52. The van der Waals surface area contributed by atoms with Crippen molar-refractivity contribution in [3.63, 3.8) is 0 Å². The minimum atomic E-state index is -0.502. The molecule has 0 unspecified atom stereocenters. The fourth-order valence-electron chi connectivity index (χ4n) is 0.871. The monoisotopic (exact) mass is 167 g/mol. The Balaban J connectivity index is 3.00. The summed E-state index contributed by atoms with van der Waals surface area (Å²) in [5.74, 6) is -0.126. The van der Waals surface area contributed by atoms with Gasteiger partial charge in [0.25, 0.3) is 0 Å². The smallest absolute Gasteiger partial charge is 0.378 e. The summed E-state index contributed by atoms with van der Waals surface area (Å²) in [6, 6.07) is 3.29. The van der Waals surface area contributed by atoms with Gasteiger partial charge < -0.3 is 15.4 Å². The molecule has 5 nitrogen and oxygen atoms in total. The molecule has 1 rings (SSSR count). The van der Waals surface area contributed by atoms with Crippen LogP contribution >= 0.6 is 0 Å². The number of nitrogens with one attached hydrogen (secondary N) is 1. The molecule has 0 bridgehead atoms. The molecule has 0 saturated heterocycles. The Morgan fingerprint density at radius 1 is 1.75 bits per heavy atom. The number of nitrogens with zero attached hydrogens (tertiary/aromatic N) is 2. The third-order valence-corrected chi connectivity index (χ3v) is 1.33. The summed E-state index contributed by atoms with van der Waals surface area (Å²) in [4.78, 5) is 13.5. The summed E-state index contributed by atoms with van der Waals surface area (Å²) in [5, 5.41) is 13.3. The highest BCUT2D eigenvalue weighted by Gasteiger charge is 2.11. The van der Waals surface area contributed by atoms with Gasteiger partial charge in [-0.25, -0.2) is 0 Å². The van der Waals surface area contributed by atoms with Crippen LogP contribution in [0.1, 0.15) is 6.92 Å². The second-order valence-electron chi connectivity index (χ2n) is 2.16. The predicted molar refractivity (Wildman–Crippen MR) is 45.1 cm³/mol. The molecule has 0 amide bonds. The number of rotatable bonds is 3. The van der Waals surface area contributed by atoms with E-state index in [0.717, 1.165) is 0 Å². The minimum absolute atomic E-state index is 0.126. The number of hydrogen-bond acceptors (Lipinski definition) is 4. The summed E-state index contributed by atoms with van der Waals surface area (Å²) < 4.78 is 0. The standard InChI is InChI=1S/C7H9N3O2/c1-2-8-6-4-3-5-9-7(6)10(11)12/h3-5,8H,2H2,1H3. The average Bonchev–Trinajstić information content (AvgIpc) is 2.05.